The zero-order valence-corrected chi connectivity index (χ0v) is 23.4. The van der Waals surface area contributed by atoms with E-state index in [1.807, 2.05) is 12.1 Å². The van der Waals surface area contributed by atoms with E-state index in [1.54, 1.807) is 7.05 Å². The quantitative estimate of drug-likeness (QED) is 0.190. The molecule has 1 N–H and O–H groups in total. The van der Waals surface area contributed by atoms with Crippen molar-refractivity contribution in [2.45, 2.75) is 50.6 Å². The van der Waals surface area contributed by atoms with E-state index in [0.29, 0.717) is 17.0 Å². The van der Waals surface area contributed by atoms with Crippen LogP contribution in [0.1, 0.15) is 55.5 Å². The Kier molecular flexibility index (Phi) is 8.44. The Labute approximate surface area is 235 Å². The van der Waals surface area contributed by atoms with Gasteiger partial charge in [0.25, 0.3) is 5.91 Å². The number of hydrogen-bond acceptors (Lipinski definition) is 4. The van der Waals surface area contributed by atoms with Gasteiger partial charge < -0.3 is 10.0 Å². The number of amides is 1. The third-order valence-corrected chi connectivity index (χ3v) is 7.81. The van der Waals surface area contributed by atoms with Crippen molar-refractivity contribution in [2.24, 2.45) is 4.99 Å². The van der Waals surface area contributed by atoms with Crippen LogP contribution in [0.15, 0.2) is 89.1 Å². The Morgan fingerprint density at radius 2 is 1.52 bits per heavy atom. The number of carbonyl (C=O) groups excluding carboxylic acids is 1. The summed E-state index contributed by atoms with van der Waals surface area (Å²) in [5.41, 5.74) is 2.28. The summed E-state index contributed by atoms with van der Waals surface area (Å²) >= 11 is 1.27. The first-order valence-corrected chi connectivity index (χ1v) is 13.7. The van der Waals surface area contributed by atoms with Gasteiger partial charge in [-0.2, -0.15) is 13.2 Å². The summed E-state index contributed by atoms with van der Waals surface area (Å²) in [4.78, 5) is 19.6. The fourth-order valence-electron chi connectivity index (χ4n) is 4.36. The number of carbonyl (C=O) groups is 1. The van der Waals surface area contributed by atoms with Gasteiger partial charge >= 0.3 is 6.18 Å². The van der Waals surface area contributed by atoms with Gasteiger partial charge in [0, 0.05) is 19.2 Å². The molecule has 0 fully saturated rings. The molecule has 1 amide bonds. The van der Waals surface area contributed by atoms with Crippen molar-refractivity contribution in [1.29, 1.82) is 0 Å². The van der Waals surface area contributed by atoms with E-state index in [0.717, 1.165) is 17.7 Å². The van der Waals surface area contributed by atoms with Crippen molar-refractivity contribution >= 4 is 28.4 Å². The van der Waals surface area contributed by atoms with Crippen LogP contribution in [0.3, 0.4) is 0 Å². The molecule has 9 heteroatoms. The number of thioether (sulfide) groups is 1. The molecule has 0 saturated carbocycles. The molecular formula is C31H30F4N2O2S. The van der Waals surface area contributed by atoms with E-state index in [1.165, 1.54) is 58.6 Å². The van der Waals surface area contributed by atoms with E-state index in [4.69, 9.17) is 0 Å². The second kappa shape index (κ2) is 11.5. The van der Waals surface area contributed by atoms with Crippen molar-refractivity contribution in [1.82, 2.24) is 4.90 Å². The topological polar surface area (TPSA) is 52.9 Å². The van der Waals surface area contributed by atoms with E-state index in [-0.39, 0.29) is 28.2 Å². The first-order chi connectivity index (χ1) is 18.7. The maximum Gasteiger partial charge on any atom is 0.416 e. The molecule has 4 rings (SSSR count). The third-order valence-electron chi connectivity index (χ3n) is 6.77. The molecular weight excluding hydrogens is 540 g/mol. The summed E-state index contributed by atoms with van der Waals surface area (Å²) in [5, 5.41) is 11.4. The lowest BCUT2D eigenvalue weighted by atomic mass is 9.87. The second-order valence-electron chi connectivity index (χ2n) is 10.7. The van der Waals surface area contributed by atoms with Gasteiger partial charge in [0.15, 0.2) is 0 Å². The number of aliphatic hydroxyl groups excluding tert-OH is 1. The Morgan fingerprint density at radius 1 is 0.950 bits per heavy atom. The summed E-state index contributed by atoms with van der Waals surface area (Å²) in [6, 6.07) is 17.5. The molecule has 40 heavy (non-hydrogen) atoms. The van der Waals surface area contributed by atoms with Crippen molar-refractivity contribution in [2.75, 3.05) is 7.05 Å². The van der Waals surface area contributed by atoms with Gasteiger partial charge in [0.2, 0.25) is 0 Å². The monoisotopic (exact) mass is 570 g/mol. The lowest BCUT2D eigenvalue weighted by molar-refractivity contribution is -0.137. The molecule has 3 aromatic rings. The molecule has 1 unspecified atom stereocenters. The second-order valence-corrected chi connectivity index (χ2v) is 11.7. The molecule has 0 saturated heterocycles. The number of rotatable bonds is 5. The number of hydrogen-bond donors (Lipinski definition) is 1. The summed E-state index contributed by atoms with van der Waals surface area (Å²) in [7, 11) is 1.54. The fourth-order valence-corrected chi connectivity index (χ4v) is 5.38. The van der Waals surface area contributed by atoms with Crippen LogP contribution >= 0.6 is 11.8 Å². The van der Waals surface area contributed by atoms with E-state index < -0.39 is 29.5 Å². The highest BCUT2D eigenvalue weighted by atomic mass is 32.2. The van der Waals surface area contributed by atoms with Crippen molar-refractivity contribution in [3.63, 3.8) is 0 Å². The van der Waals surface area contributed by atoms with Gasteiger partial charge in [-0.1, -0.05) is 57.2 Å². The highest BCUT2D eigenvalue weighted by molar-refractivity contribution is 8.13. The molecule has 210 valence electrons. The average molecular weight is 571 g/mol. The van der Waals surface area contributed by atoms with Crippen LogP contribution in [0, 0.1) is 5.82 Å². The lowest BCUT2D eigenvalue weighted by Crippen LogP contribution is -2.38. The van der Waals surface area contributed by atoms with Crippen molar-refractivity contribution in [3.05, 3.63) is 112 Å². The molecule has 4 nitrogen and oxygen atoms in total. The summed E-state index contributed by atoms with van der Waals surface area (Å²) in [5.74, 6) is -0.683. The first-order valence-electron chi connectivity index (χ1n) is 12.7. The van der Waals surface area contributed by atoms with Crippen LogP contribution in [0.4, 0.5) is 23.2 Å². The highest BCUT2D eigenvalue weighted by Gasteiger charge is 2.36. The molecule has 1 atom stereocenters. The maximum atomic E-state index is 13.6. The zero-order valence-electron chi connectivity index (χ0n) is 22.6. The predicted octanol–water partition coefficient (Wildman–Crippen LogP) is 8.52. The number of alkyl halides is 3. The van der Waals surface area contributed by atoms with Gasteiger partial charge in [-0.3, -0.25) is 4.79 Å². The maximum absolute atomic E-state index is 13.6. The number of nitrogens with zero attached hydrogens (tertiary/aromatic N) is 2. The van der Waals surface area contributed by atoms with Gasteiger partial charge in [0.1, 0.15) is 22.2 Å². The minimum Gasteiger partial charge on any atom is -0.511 e. The number of benzene rings is 3. The number of likely N-dealkylation sites (N-methyl/N-ethyl adjacent to an activating group) is 1. The molecule has 1 aliphatic heterocycles. The highest BCUT2D eigenvalue weighted by Crippen LogP contribution is 2.38. The predicted molar refractivity (Wildman–Crippen MR) is 151 cm³/mol. The van der Waals surface area contributed by atoms with Gasteiger partial charge in [-0.15, -0.1) is 11.8 Å². The third kappa shape index (κ3) is 6.75. The van der Waals surface area contributed by atoms with Crippen molar-refractivity contribution in [3.8, 4) is 0 Å². The van der Waals surface area contributed by atoms with Crippen LogP contribution < -0.4 is 0 Å². The Morgan fingerprint density at radius 3 is 2.08 bits per heavy atom. The number of halogens is 4. The van der Waals surface area contributed by atoms with Gasteiger partial charge in [-0.25, -0.2) is 9.38 Å². The SMILES string of the molecule is CN1C(=O)C(C(=Nc2ccc(F)cc2)SCc2ccc(C(C)(C)C)cc2)=C(O)CC1c1ccc(C(F)(F)F)cc1. The molecule has 0 radical (unpaired) electrons. The molecule has 3 aromatic carbocycles. The minimum atomic E-state index is -4.47. The Hall–Kier alpha value is -3.59. The van der Waals surface area contributed by atoms with Gasteiger partial charge in [-0.05, 0) is 58.5 Å². The standard InChI is InChI=1S/C31H30F4N2O2S/c1-30(2,3)21-9-5-19(6-10-21)18-40-28(36-24-15-13-23(32)14-16-24)27-26(38)17-25(37(4)29(27)39)20-7-11-22(12-8-20)31(33,34)35/h5-16,25,38H,17-18H2,1-4H3. The fraction of sp³-hybridized carbons (Fsp3) is 0.290. The zero-order chi connectivity index (χ0) is 29.2. The van der Waals surface area contributed by atoms with Crippen LogP contribution in [0.25, 0.3) is 0 Å². The normalized spacial score (nSPS) is 17.0. The van der Waals surface area contributed by atoms with Crippen LogP contribution in [-0.4, -0.2) is 28.0 Å². The largest absolute Gasteiger partial charge is 0.511 e. The average Bonchev–Trinajstić information content (AvgIpc) is 2.90. The summed E-state index contributed by atoms with van der Waals surface area (Å²) < 4.78 is 52.6. The molecule has 0 bridgehead atoms. The molecule has 1 aliphatic rings. The van der Waals surface area contributed by atoms with Crippen LogP contribution in [0.5, 0.6) is 0 Å². The smallest absolute Gasteiger partial charge is 0.416 e. The Bertz CT molecular complexity index is 1420. The molecule has 1 heterocycles. The van der Waals surface area contributed by atoms with E-state index in [9.17, 15) is 27.5 Å². The van der Waals surface area contributed by atoms with E-state index in [2.05, 4.69) is 37.9 Å². The summed E-state index contributed by atoms with van der Waals surface area (Å²) in [6.45, 7) is 6.38. The molecule has 0 aromatic heterocycles. The van der Waals surface area contributed by atoms with Crippen molar-refractivity contribution < 1.29 is 27.5 Å². The number of aliphatic imine (C=N–C) groups is 1. The minimum absolute atomic E-state index is 0.000183. The first kappa shape index (κ1) is 29.4. The van der Waals surface area contributed by atoms with Gasteiger partial charge in [0.05, 0.1) is 17.3 Å². The van der Waals surface area contributed by atoms with Crippen LogP contribution in [-0.2, 0) is 22.1 Å². The van der Waals surface area contributed by atoms with Crippen LogP contribution in [0.2, 0.25) is 0 Å². The van der Waals surface area contributed by atoms with E-state index >= 15 is 0 Å². The molecule has 0 spiro atoms. The lowest BCUT2D eigenvalue weighted by Gasteiger charge is -2.34. The molecule has 0 aliphatic carbocycles. The Balaban J connectivity index is 1.65. The number of aliphatic hydroxyl groups is 1. The summed E-state index contributed by atoms with van der Waals surface area (Å²) in [6.07, 6.45) is -4.47.